The molecule has 28 heavy (non-hydrogen) atoms. The van der Waals surface area contributed by atoms with E-state index in [-0.39, 0.29) is 17.9 Å². The summed E-state index contributed by atoms with van der Waals surface area (Å²) in [6.45, 7) is 6.46. The van der Waals surface area contributed by atoms with Crippen LogP contribution in [-0.2, 0) is 0 Å². The van der Waals surface area contributed by atoms with Crippen LogP contribution in [0.25, 0.3) is 0 Å². The molecule has 1 atom stereocenters. The number of benzene rings is 2. The molecule has 1 amide bonds. The number of amides is 1. The van der Waals surface area contributed by atoms with Gasteiger partial charge in [0.1, 0.15) is 13.2 Å². The van der Waals surface area contributed by atoms with Gasteiger partial charge in [0.15, 0.2) is 23.0 Å². The van der Waals surface area contributed by atoms with Gasteiger partial charge in [0.25, 0.3) is 5.91 Å². The lowest BCUT2D eigenvalue weighted by atomic mass is 9.95. The zero-order valence-corrected chi connectivity index (χ0v) is 16.2. The summed E-state index contributed by atoms with van der Waals surface area (Å²) in [5.74, 6) is 2.81. The van der Waals surface area contributed by atoms with E-state index in [0.717, 1.165) is 23.5 Å². The summed E-state index contributed by atoms with van der Waals surface area (Å²) in [4.78, 5) is 12.9. The predicted octanol–water partition coefficient (Wildman–Crippen LogP) is 3.75. The number of hydrogen-bond donors (Lipinski definition) is 1. The predicted molar refractivity (Wildman–Crippen MR) is 105 cm³/mol. The number of ether oxygens (including phenoxy) is 4. The monoisotopic (exact) mass is 383 g/mol. The van der Waals surface area contributed by atoms with Crippen molar-refractivity contribution < 1.29 is 23.7 Å². The number of carbonyl (C=O) groups excluding carboxylic acids is 1. The van der Waals surface area contributed by atoms with Crippen molar-refractivity contribution in [3.8, 4) is 23.0 Å². The van der Waals surface area contributed by atoms with E-state index in [1.54, 1.807) is 18.2 Å². The maximum Gasteiger partial charge on any atom is 0.251 e. The zero-order chi connectivity index (χ0) is 19.5. The molecule has 2 aromatic rings. The van der Waals surface area contributed by atoms with Crippen molar-refractivity contribution in [1.29, 1.82) is 0 Å². The van der Waals surface area contributed by atoms with Crippen LogP contribution in [0.2, 0.25) is 0 Å². The van der Waals surface area contributed by atoms with Crippen LogP contribution in [0.5, 0.6) is 23.0 Å². The van der Waals surface area contributed by atoms with Gasteiger partial charge >= 0.3 is 0 Å². The summed E-state index contributed by atoms with van der Waals surface area (Å²) in [6, 6.07) is 11.0. The first-order chi connectivity index (χ1) is 13.6. The summed E-state index contributed by atoms with van der Waals surface area (Å²) >= 11 is 0. The second-order valence-electron chi connectivity index (χ2n) is 7.31. The van der Waals surface area contributed by atoms with Gasteiger partial charge in [0.2, 0.25) is 0 Å². The highest BCUT2D eigenvalue weighted by Gasteiger charge is 2.23. The second-order valence-corrected chi connectivity index (χ2v) is 7.31. The Balaban J connectivity index is 1.55. The van der Waals surface area contributed by atoms with Gasteiger partial charge in [-0.3, -0.25) is 4.79 Å². The highest BCUT2D eigenvalue weighted by molar-refractivity contribution is 5.95. The fraction of sp³-hybridized carbons (Fsp3) is 0.409. The SMILES string of the molecule is CC(C)C(NC(=O)c1ccc2c(c1)OCCO2)c1ccc2c(c1)OCCCO2. The lowest BCUT2D eigenvalue weighted by Crippen LogP contribution is -2.32. The average Bonchev–Trinajstić information content (AvgIpc) is 2.96. The van der Waals surface area contributed by atoms with Gasteiger partial charge in [-0.1, -0.05) is 19.9 Å². The molecule has 2 aromatic carbocycles. The van der Waals surface area contributed by atoms with Crippen molar-refractivity contribution in [1.82, 2.24) is 5.32 Å². The minimum absolute atomic E-state index is 0.150. The van der Waals surface area contributed by atoms with Crippen LogP contribution in [0.1, 0.15) is 42.2 Å². The van der Waals surface area contributed by atoms with Gasteiger partial charge < -0.3 is 24.3 Å². The van der Waals surface area contributed by atoms with E-state index in [4.69, 9.17) is 18.9 Å². The second kappa shape index (κ2) is 8.00. The zero-order valence-electron chi connectivity index (χ0n) is 16.2. The normalized spacial score (nSPS) is 16.2. The van der Waals surface area contributed by atoms with Crippen molar-refractivity contribution in [2.45, 2.75) is 26.3 Å². The summed E-state index contributed by atoms with van der Waals surface area (Å²) in [5, 5.41) is 3.15. The topological polar surface area (TPSA) is 66.0 Å². The molecule has 0 aliphatic carbocycles. The fourth-order valence-corrected chi connectivity index (χ4v) is 3.42. The molecular formula is C22H25NO5. The summed E-state index contributed by atoms with van der Waals surface area (Å²) < 4.78 is 22.6. The van der Waals surface area contributed by atoms with Crippen LogP contribution >= 0.6 is 0 Å². The molecule has 148 valence electrons. The molecule has 0 fully saturated rings. The van der Waals surface area contributed by atoms with Gasteiger partial charge in [-0.05, 0) is 41.8 Å². The largest absolute Gasteiger partial charge is 0.490 e. The molecule has 4 rings (SSSR count). The molecule has 0 saturated heterocycles. The number of carbonyl (C=O) groups is 1. The number of rotatable bonds is 4. The van der Waals surface area contributed by atoms with Gasteiger partial charge in [-0.15, -0.1) is 0 Å². The first kappa shape index (κ1) is 18.5. The lowest BCUT2D eigenvalue weighted by molar-refractivity contribution is 0.0924. The maximum absolute atomic E-state index is 12.9. The van der Waals surface area contributed by atoms with E-state index in [2.05, 4.69) is 19.2 Å². The molecule has 0 aromatic heterocycles. The maximum atomic E-state index is 12.9. The Morgan fingerprint density at radius 3 is 2.18 bits per heavy atom. The number of hydrogen-bond acceptors (Lipinski definition) is 5. The van der Waals surface area contributed by atoms with Crippen LogP contribution in [0.4, 0.5) is 0 Å². The smallest absolute Gasteiger partial charge is 0.251 e. The van der Waals surface area contributed by atoms with Crippen molar-refractivity contribution >= 4 is 5.91 Å². The van der Waals surface area contributed by atoms with E-state index in [9.17, 15) is 4.79 Å². The molecule has 1 unspecified atom stereocenters. The highest BCUT2D eigenvalue weighted by Crippen LogP contribution is 2.35. The van der Waals surface area contributed by atoms with Gasteiger partial charge in [0, 0.05) is 12.0 Å². The standard InChI is InChI=1S/C22H25NO5/c1-14(2)21(15-4-6-17-19(12-15)26-9-3-8-25-17)23-22(24)16-5-7-18-20(13-16)28-11-10-27-18/h4-7,12-14,21H,3,8-11H2,1-2H3,(H,23,24). The Bertz CT molecular complexity index is 864. The minimum atomic E-state index is -0.155. The molecule has 1 N–H and O–H groups in total. The van der Waals surface area contributed by atoms with Crippen LogP contribution in [0.15, 0.2) is 36.4 Å². The Labute approximate surface area is 164 Å². The van der Waals surface area contributed by atoms with Crippen molar-refractivity contribution in [2.75, 3.05) is 26.4 Å². The molecule has 0 radical (unpaired) electrons. The third kappa shape index (κ3) is 3.86. The lowest BCUT2D eigenvalue weighted by Gasteiger charge is -2.24. The number of fused-ring (bicyclic) bond motifs is 2. The summed E-state index contributed by atoms with van der Waals surface area (Å²) in [6.07, 6.45) is 0.860. The van der Waals surface area contributed by atoms with Crippen molar-refractivity contribution in [2.24, 2.45) is 5.92 Å². The molecule has 6 nitrogen and oxygen atoms in total. The quantitative estimate of drug-likeness (QED) is 0.871. The van der Waals surface area contributed by atoms with E-state index in [1.807, 2.05) is 18.2 Å². The van der Waals surface area contributed by atoms with E-state index < -0.39 is 0 Å². The fourth-order valence-electron chi connectivity index (χ4n) is 3.42. The molecule has 2 aliphatic heterocycles. The van der Waals surface area contributed by atoms with E-state index in [0.29, 0.717) is 43.5 Å². The first-order valence-corrected chi connectivity index (χ1v) is 9.72. The third-order valence-electron chi connectivity index (χ3n) is 4.89. The first-order valence-electron chi connectivity index (χ1n) is 9.72. The molecular weight excluding hydrogens is 358 g/mol. The Hall–Kier alpha value is -2.89. The van der Waals surface area contributed by atoms with Gasteiger partial charge in [-0.25, -0.2) is 0 Å². The molecule has 2 heterocycles. The van der Waals surface area contributed by atoms with Gasteiger partial charge in [0.05, 0.1) is 19.3 Å². The Morgan fingerprint density at radius 2 is 1.43 bits per heavy atom. The molecule has 6 heteroatoms. The van der Waals surface area contributed by atoms with Crippen LogP contribution in [-0.4, -0.2) is 32.3 Å². The van der Waals surface area contributed by atoms with Crippen LogP contribution < -0.4 is 24.3 Å². The van der Waals surface area contributed by atoms with Crippen molar-refractivity contribution in [3.05, 3.63) is 47.5 Å². The Morgan fingerprint density at radius 1 is 0.821 bits per heavy atom. The molecule has 0 spiro atoms. The molecule has 2 aliphatic rings. The number of nitrogens with one attached hydrogen (secondary N) is 1. The highest BCUT2D eigenvalue weighted by atomic mass is 16.6. The summed E-state index contributed by atoms with van der Waals surface area (Å²) in [7, 11) is 0. The average molecular weight is 383 g/mol. The Kier molecular flexibility index (Phi) is 5.28. The van der Waals surface area contributed by atoms with Crippen LogP contribution in [0, 0.1) is 5.92 Å². The van der Waals surface area contributed by atoms with E-state index >= 15 is 0 Å². The molecule has 0 bridgehead atoms. The van der Waals surface area contributed by atoms with E-state index in [1.165, 1.54) is 0 Å². The third-order valence-corrected chi connectivity index (χ3v) is 4.89. The van der Waals surface area contributed by atoms with Crippen LogP contribution in [0.3, 0.4) is 0 Å². The minimum Gasteiger partial charge on any atom is -0.490 e. The van der Waals surface area contributed by atoms with Crippen molar-refractivity contribution in [3.63, 3.8) is 0 Å². The summed E-state index contributed by atoms with van der Waals surface area (Å²) in [5.41, 5.74) is 1.54. The van der Waals surface area contributed by atoms with Gasteiger partial charge in [-0.2, -0.15) is 0 Å². The molecule has 0 saturated carbocycles.